The summed E-state index contributed by atoms with van der Waals surface area (Å²) in [5.41, 5.74) is 14.5. The summed E-state index contributed by atoms with van der Waals surface area (Å²) in [5.74, 6) is 0. The van der Waals surface area contributed by atoms with Crippen molar-refractivity contribution in [3.05, 3.63) is 212 Å². The normalized spacial score (nSPS) is 11.3. The first-order chi connectivity index (χ1) is 26.8. The van der Waals surface area contributed by atoms with E-state index in [1.165, 1.54) is 49.7 Å². The van der Waals surface area contributed by atoms with Gasteiger partial charge in [0.05, 0.1) is 11.1 Å². The van der Waals surface area contributed by atoms with E-state index in [4.69, 9.17) is 4.42 Å². The van der Waals surface area contributed by atoms with Gasteiger partial charge in [-0.05, 0) is 104 Å². The topological polar surface area (TPSA) is 16.4 Å². The minimum Gasteiger partial charge on any atom is -0.456 e. The number of hydrogen-bond acceptors (Lipinski definition) is 2. The summed E-state index contributed by atoms with van der Waals surface area (Å²) in [6, 6.07) is 75.8. The van der Waals surface area contributed by atoms with Crippen LogP contribution in [0.1, 0.15) is 0 Å². The molecule has 10 aromatic rings. The molecular weight excluding hydrogens is 655 g/mol. The molecule has 0 amide bonds. The van der Waals surface area contributed by atoms with Gasteiger partial charge in [0, 0.05) is 16.8 Å². The lowest BCUT2D eigenvalue weighted by Crippen LogP contribution is -2.10. The summed E-state index contributed by atoms with van der Waals surface area (Å²) < 4.78 is 6.55. The zero-order valence-corrected chi connectivity index (χ0v) is 29.6. The highest BCUT2D eigenvalue weighted by Gasteiger charge is 2.20. The van der Waals surface area contributed by atoms with E-state index < -0.39 is 0 Å². The average Bonchev–Trinajstić information content (AvgIpc) is 3.64. The number of anilines is 3. The first-order valence-corrected chi connectivity index (χ1v) is 18.4. The summed E-state index contributed by atoms with van der Waals surface area (Å²) in [7, 11) is 0. The smallest absolute Gasteiger partial charge is 0.137 e. The number of benzene rings is 9. The Labute approximate surface area is 314 Å². The second-order valence-electron chi connectivity index (χ2n) is 13.7. The molecule has 0 saturated heterocycles. The van der Waals surface area contributed by atoms with Gasteiger partial charge in [-0.15, -0.1) is 0 Å². The van der Waals surface area contributed by atoms with Crippen LogP contribution in [0.4, 0.5) is 17.1 Å². The Morgan fingerprint density at radius 2 is 0.815 bits per heavy atom. The van der Waals surface area contributed by atoms with Crippen LogP contribution >= 0.6 is 0 Å². The van der Waals surface area contributed by atoms with Gasteiger partial charge in [0.2, 0.25) is 0 Å². The van der Waals surface area contributed by atoms with E-state index in [2.05, 4.69) is 217 Å². The highest BCUT2D eigenvalue weighted by molar-refractivity contribution is 6.14. The lowest BCUT2D eigenvalue weighted by atomic mass is 9.97. The zero-order valence-electron chi connectivity index (χ0n) is 29.6. The van der Waals surface area contributed by atoms with Crippen molar-refractivity contribution in [1.29, 1.82) is 0 Å². The van der Waals surface area contributed by atoms with Crippen LogP contribution in [0.2, 0.25) is 0 Å². The molecule has 2 nitrogen and oxygen atoms in total. The molecule has 0 aliphatic carbocycles. The molecule has 0 saturated carbocycles. The van der Waals surface area contributed by atoms with Crippen molar-refractivity contribution in [2.45, 2.75) is 0 Å². The summed E-state index contributed by atoms with van der Waals surface area (Å²) in [4.78, 5) is 2.36. The summed E-state index contributed by atoms with van der Waals surface area (Å²) in [6.07, 6.45) is 0. The molecule has 0 N–H and O–H groups in total. The van der Waals surface area contributed by atoms with E-state index in [9.17, 15) is 0 Å². The molecule has 9 aromatic carbocycles. The van der Waals surface area contributed by atoms with Crippen LogP contribution in [0.25, 0.3) is 77.2 Å². The van der Waals surface area contributed by atoms with Gasteiger partial charge < -0.3 is 9.32 Å². The van der Waals surface area contributed by atoms with Crippen LogP contribution in [0.3, 0.4) is 0 Å². The second-order valence-corrected chi connectivity index (χ2v) is 13.7. The van der Waals surface area contributed by atoms with E-state index in [0.29, 0.717) is 0 Å². The summed E-state index contributed by atoms with van der Waals surface area (Å²) in [5, 5.41) is 4.66. The maximum Gasteiger partial charge on any atom is 0.137 e. The molecule has 54 heavy (non-hydrogen) atoms. The minimum absolute atomic E-state index is 0.859. The molecule has 0 atom stereocenters. The van der Waals surface area contributed by atoms with Crippen LogP contribution in [0, 0.1) is 0 Å². The minimum atomic E-state index is 0.859. The van der Waals surface area contributed by atoms with Gasteiger partial charge in [-0.3, -0.25) is 0 Å². The maximum absolute atomic E-state index is 6.55. The van der Waals surface area contributed by atoms with Gasteiger partial charge in [0.25, 0.3) is 0 Å². The highest BCUT2D eigenvalue weighted by atomic mass is 16.3. The molecule has 1 heterocycles. The third-order valence-corrected chi connectivity index (χ3v) is 10.5. The number of rotatable bonds is 7. The molecule has 0 bridgehead atoms. The largest absolute Gasteiger partial charge is 0.456 e. The van der Waals surface area contributed by atoms with Crippen molar-refractivity contribution in [2.75, 3.05) is 4.90 Å². The Morgan fingerprint density at radius 3 is 1.48 bits per heavy atom. The molecule has 0 spiro atoms. The molecule has 0 aliphatic rings. The van der Waals surface area contributed by atoms with Crippen molar-refractivity contribution in [3.8, 4) is 44.5 Å². The molecule has 0 fully saturated rings. The van der Waals surface area contributed by atoms with Crippen molar-refractivity contribution in [1.82, 2.24) is 0 Å². The molecule has 2 heteroatoms. The van der Waals surface area contributed by atoms with E-state index in [1.807, 2.05) is 0 Å². The molecule has 0 aliphatic heterocycles. The van der Waals surface area contributed by atoms with Crippen LogP contribution in [-0.4, -0.2) is 0 Å². The molecule has 1 aromatic heterocycles. The van der Waals surface area contributed by atoms with Gasteiger partial charge in [-0.25, -0.2) is 0 Å². The predicted molar refractivity (Wildman–Crippen MR) is 228 cm³/mol. The number of nitrogens with zero attached hydrogens (tertiary/aromatic N) is 1. The standard InChI is InChI=1S/C52H35NO/c1-3-11-36(12-4-1)38-21-23-40(24-22-38)43-29-34-50-48(35-43)52-49(19-10-20-51(52)54-50)53(44-30-25-39(26-31-44)37-13-5-2-6-14-37)45-32-27-42(28-33-45)47-18-9-16-41-15-7-8-17-46(41)47/h1-35H. The molecule has 0 radical (unpaired) electrons. The maximum atomic E-state index is 6.55. The van der Waals surface area contributed by atoms with Gasteiger partial charge in [-0.1, -0.05) is 164 Å². The third kappa shape index (κ3) is 5.71. The fraction of sp³-hybridized carbons (Fsp3) is 0. The number of furan rings is 1. The fourth-order valence-electron chi connectivity index (χ4n) is 7.79. The third-order valence-electron chi connectivity index (χ3n) is 10.5. The number of hydrogen-bond donors (Lipinski definition) is 0. The molecule has 10 rings (SSSR count). The monoisotopic (exact) mass is 689 g/mol. The Bertz CT molecular complexity index is 2880. The quantitative estimate of drug-likeness (QED) is 0.166. The first-order valence-electron chi connectivity index (χ1n) is 18.4. The summed E-state index contributed by atoms with van der Waals surface area (Å²) >= 11 is 0. The zero-order chi connectivity index (χ0) is 35.8. The Balaban J connectivity index is 1.11. The first kappa shape index (κ1) is 31.6. The molecular formula is C52H35NO. The lowest BCUT2D eigenvalue weighted by molar-refractivity contribution is 0.669. The van der Waals surface area contributed by atoms with Crippen molar-refractivity contribution in [2.24, 2.45) is 0 Å². The van der Waals surface area contributed by atoms with Gasteiger partial charge in [0.15, 0.2) is 0 Å². The van der Waals surface area contributed by atoms with Crippen molar-refractivity contribution in [3.63, 3.8) is 0 Å². The number of fused-ring (bicyclic) bond motifs is 4. The Kier molecular flexibility index (Phi) is 7.85. The Morgan fingerprint density at radius 1 is 0.315 bits per heavy atom. The average molecular weight is 690 g/mol. The van der Waals surface area contributed by atoms with E-state index in [-0.39, 0.29) is 0 Å². The van der Waals surface area contributed by atoms with Gasteiger partial charge in [-0.2, -0.15) is 0 Å². The van der Waals surface area contributed by atoms with E-state index in [0.717, 1.165) is 44.6 Å². The lowest BCUT2D eigenvalue weighted by Gasteiger charge is -2.27. The second kappa shape index (κ2) is 13.4. The predicted octanol–water partition coefficient (Wildman–Crippen LogP) is 14.9. The highest BCUT2D eigenvalue weighted by Crippen LogP contribution is 2.44. The van der Waals surface area contributed by atoms with Crippen LogP contribution in [0.15, 0.2) is 217 Å². The van der Waals surface area contributed by atoms with E-state index in [1.54, 1.807) is 0 Å². The fourth-order valence-corrected chi connectivity index (χ4v) is 7.79. The van der Waals surface area contributed by atoms with E-state index >= 15 is 0 Å². The van der Waals surface area contributed by atoms with Crippen LogP contribution in [0.5, 0.6) is 0 Å². The van der Waals surface area contributed by atoms with Gasteiger partial charge in [0.1, 0.15) is 11.2 Å². The van der Waals surface area contributed by atoms with Crippen LogP contribution < -0.4 is 4.90 Å². The van der Waals surface area contributed by atoms with Crippen molar-refractivity contribution < 1.29 is 4.42 Å². The van der Waals surface area contributed by atoms with Gasteiger partial charge >= 0.3 is 0 Å². The Hall–Kier alpha value is -7.16. The molecule has 254 valence electrons. The molecule has 0 unspecified atom stereocenters. The summed E-state index contributed by atoms with van der Waals surface area (Å²) in [6.45, 7) is 0. The SMILES string of the molecule is c1ccc(-c2ccc(-c3ccc4oc5cccc(N(c6ccc(-c7ccccc7)cc6)c6ccc(-c7cccc8ccccc78)cc6)c5c4c3)cc2)cc1. The van der Waals surface area contributed by atoms with Crippen molar-refractivity contribution >= 4 is 49.8 Å². The van der Waals surface area contributed by atoms with Crippen LogP contribution in [-0.2, 0) is 0 Å².